The number of rotatable bonds is 4. The summed E-state index contributed by atoms with van der Waals surface area (Å²) in [7, 11) is 0. The highest BCUT2D eigenvalue weighted by atomic mass is 16.2. The molecule has 184 valence electrons. The molecular formula is C31H42O3. The molecule has 6 atom stereocenters. The summed E-state index contributed by atoms with van der Waals surface area (Å²) in [6.07, 6.45) is 4.58. The summed E-state index contributed by atoms with van der Waals surface area (Å²) in [6.45, 7) is 18.7. The fourth-order valence-electron chi connectivity index (χ4n) is 8.17. The molecule has 1 aromatic carbocycles. The van der Waals surface area contributed by atoms with Gasteiger partial charge in [0.05, 0.1) is 11.3 Å². The van der Waals surface area contributed by atoms with Crippen LogP contribution in [0.1, 0.15) is 102 Å². The van der Waals surface area contributed by atoms with Crippen molar-refractivity contribution >= 4 is 17.3 Å². The van der Waals surface area contributed by atoms with Crippen molar-refractivity contribution in [1.82, 2.24) is 0 Å². The summed E-state index contributed by atoms with van der Waals surface area (Å²) in [5.41, 5.74) is 4.80. The van der Waals surface area contributed by atoms with Crippen molar-refractivity contribution in [2.45, 2.75) is 94.4 Å². The Bertz CT molecular complexity index is 1120. The summed E-state index contributed by atoms with van der Waals surface area (Å²) in [5.74, 6) is 0.107. The number of hydrogen-bond donors (Lipinski definition) is 0. The van der Waals surface area contributed by atoms with Crippen molar-refractivity contribution in [3.8, 4) is 0 Å². The van der Waals surface area contributed by atoms with E-state index in [4.69, 9.17) is 0 Å². The van der Waals surface area contributed by atoms with Crippen LogP contribution in [0.3, 0.4) is 0 Å². The molecule has 0 bridgehead atoms. The first kappa shape index (κ1) is 25.1. The second kappa shape index (κ2) is 8.00. The van der Waals surface area contributed by atoms with Gasteiger partial charge < -0.3 is 0 Å². The van der Waals surface area contributed by atoms with Crippen LogP contribution in [0.4, 0.5) is 0 Å². The molecule has 1 saturated carbocycles. The first-order chi connectivity index (χ1) is 15.7. The van der Waals surface area contributed by atoms with Crippen LogP contribution in [-0.2, 0) is 22.4 Å². The molecule has 3 heteroatoms. The highest BCUT2D eigenvalue weighted by Gasteiger charge is 2.65. The summed E-state index contributed by atoms with van der Waals surface area (Å²) in [5, 5.41) is 0. The second-order valence-electron chi connectivity index (χ2n) is 12.7. The highest BCUT2D eigenvalue weighted by molar-refractivity contribution is 6.15. The van der Waals surface area contributed by atoms with E-state index in [-0.39, 0.29) is 34.1 Å². The summed E-state index contributed by atoms with van der Waals surface area (Å²) in [6, 6.07) is 4.33. The van der Waals surface area contributed by atoms with Gasteiger partial charge in [-0.3, -0.25) is 14.4 Å². The number of Topliss-reactive ketones (excluding diaryl/α,β-unsaturated/α-hetero) is 3. The zero-order valence-corrected chi connectivity index (χ0v) is 22.6. The summed E-state index contributed by atoms with van der Waals surface area (Å²) >= 11 is 0. The summed E-state index contributed by atoms with van der Waals surface area (Å²) < 4.78 is 0. The third-order valence-electron chi connectivity index (χ3n) is 10.2. The monoisotopic (exact) mass is 462 g/mol. The van der Waals surface area contributed by atoms with Gasteiger partial charge in [-0.05, 0) is 87.3 Å². The van der Waals surface area contributed by atoms with Gasteiger partial charge >= 0.3 is 0 Å². The fraction of sp³-hybridized carbons (Fsp3) is 0.645. The van der Waals surface area contributed by atoms with Crippen molar-refractivity contribution in [2.75, 3.05) is 0 Å². The SMILES string of the molecule is CCC(C)Cc1ccc(C)c2c1CC1(C)CC3(C)CC(C)C(C(C)=O)C(=O)C3(C)C(C)=C1C2=O. The molecule has 1 aromatic rings. The Hall–Kier alpha value is -2.03. The highest BCUT2D eigenvalue weighted by Crippen LogP contribution is 2.67. The lowest BCUT2D eigenvalue weighted by molar-refractivity contribution is -0.154. The van der Waals surface area contributed by atoms with Crippen LogP contribution < -0.4 is 0 Å². The zero-order valence-electron chi connectivity index (χ0n) is 22.6. The standard InChI is InChI=1S/C31H42O3/c1-10-17(2)13-22-12-11-18(3)25-23(22)15-29(7)16-30(8)14-19(4)24(21(6)32)28(34)31(30,9)20(5)26(29)27(25)33/h11-12,17,19,24H,10,13-16H2,1-9H3. The van der Waals surface area contributed by atoms with E-state index in [9.17, 15) is 14.4 Å². The molecule has 0 spiro atoms. The minimum atomic E-state index is -0.792. The molecule has 4 rings (SSSR count). The van der Waals surface area contributed by atoms with Crippen LogP contribution in [0.25, 0.3) is 0 Å². The third kappa shape index (κ3) is 3.25. The van der Waals surface area contributed by atoms with E-state index in [0.29, 0.717) is 5.92 Å². The Morgan fingerprint density at radius 3 is 2.38 bits per heavy atom. The van der Waals surface area contributed by atoms with Gasteiger partial charge in [-0.1, -0.05) is 58.7 Å². The average molecular weight is 463 g/mol. The molecule has 6 unspecified atom stereocenters. The van der Waals surface area contributed by atoms with E-state index in [1.54, 1.807) is 6.92 Å². The maximum atomic E-state index is 14.3. The van der Waals surface area contributed by atoms with E-state index in [1.165, 1.54) is 11.1 Å². The Labute approximate surface area is 205 Å². The van der Waals surface area contributed by atoms with Gasteiger partial charge in [-0.15, -0.1) is 0 Å². The second-order valence-corrected chi connectivity index (χ2v) is 12.7. The topological polar surface area (TPSA) is 51.2 Å². The third-order valence-corrected chi connectivity index (χ3v) is 10.2. The molecule has 0 N–H and O–H groups in total. The minimum Gasteiger partial charge on any atom is -0.299 e. The Morgan fingerprint density at radius 2 is 1.79 bits per heavy atom. The Balaban J connectivity index is 1.95. The van der Waals surface area contributed by atoms with E-state index in [2.05, 4.69) is 46.8 Å². The van der Waals surface area contributed by atoms with Crippen molar-refractivity contribution in [3.63, 3.8) is 0 Å². The largest absolute Gasteiger partial charge is 0.299 e. The molecule has 3 aliphatic carbocycles. The zero-order chi connectivity index (χ0) is 25.4. The smallest absolute Gasteiger partial charge is 0.190 e. The van der Waals surface area contributed by atoms with Crippen molar-refractivity contribution in [3.05, 3.63) is 45.5 Å². The van der Waals surface area contributed by atoms with E-state index in [1.807, 2.05) is 20.8 Å². The fourth-order valence-corrected chi connectivity index (χ4v) is 8.17. The van der Waals surface area contributed by atoms with Crippen LogP contribution in [0.15, 0.2) is 23.3 Å². The quantitative estimate of drug-likeness (QED) is 0.459. The molecule has 0 heterocycles. The van der Waals surface area contributed by atoms with Gasteiger partial charge in [0, 0.05) is 16.6 Å². The van der Waals surface area contributed by atoms with Crippen LogP contribution in [0.5, 0.6) is 0 Å². The van der Waals surface area contributed by atoms with E-state index >= 15 is 0 Å². The van der Waals surface area contributed by atoms with Gasteiger partial charge in [-0.2, -0.15) is 0 Å². The predicted octanol–water partition coefficient (Wildman–Crippen LogP) is 6.88. The van der Waals surface area contributed by atoms with Crippen LogP contribution >= 0.6 is 0 Å². The molecule has 0 saturated heterocycles. The molecule has 0 radical (unpaired) electrons. The summed E-state index contributed by atoms with van der Waals surface area (Å²) in [4.78, 5) is 40.8. The van der Waals surface area contributed by atoms with Gasteiger partial charge in [-0.25, -0.2) is 0 Å². The number of aryl methyl sites for hydroxylation is 1. The minimum absolute atomic E-state index is 0.0224. The first-order valence-electron chi connectivity index (χ1n) is 13.1. The molecule has 34 heavy (non-hydrogen) atoms. The maximum absolute atomic E-state index is 14.3. The van der Waals surface area contributed by atoms with Crippen molar-refractivity contribution in [1.29, 1.82) is 0 Å². The number of carbonyl (C=O) groups is 3. The van der Waals surface area contributed by atoms with Crippen LogP contribution in [0.2, 0.25) is 0 Å². The molecule has 1 fully saturated rings. The number of allylic oxidation sites excluding steroid dienone is 2. The molecular weight excluding hydrogens is 420 g/mol. The van der Waals surface area contributed by atoms with Gasteiger partial charge in [0.2, 0.25) is 0 Å². The van der Waals surface area contributed by atoms with Crippen LogP contribution in [0, 0.1) is 40.9 Å². The van der Waals surface area contributed by atoms with Crippen molar-refractivity contribution in [2.24, 2.45) is 34.0 Å². The number of benzene rings is 1. The predicted molar refractivity (Wildman–Crippen MR) is 137 cm³/mol. The van der Waals surface area contributed by atoms with Gasteiger partial charge in [0.1, 0.15) is 5.78 Å². The number of ketones is 3. The average Bonchev–Trinajstić information content (AvgIpc) is 2.72. The number of hydrogen-bond acceptors (Lipinski definition) is 3. The number of carbonyl (C=O) groups excluding carboxylic acids is 3. The van der Waals surface area contributed by atoms with Gasteiger partial charge in [0.25, 0.3) is 0 Å². The molecule has 3 nitrogen and oxygen atoms in total. The molecule has 0 amide bonds. The molecule has 0 aliphatic heterocycles. The Morgan fingerprint density at radius 1 is 1.15 bits per heavy atom. The maximum Gasteiger partial charge on any atom is 0.190 e. The lowest BCUT2D eigenvalue weighted by Crippen LogP contribution is -2.61. The Kier molecular flexibility index (Phi) is 5.90. The first-order valence-corrected chi connectivity index (χ1v) is 13.1. The van der Waals surface area contributed by atoms with Crippen molar-refractivity contribution < 1.29 is 14.4 Å². The molecule has 0 aromatic heterocycles. The lowest BCUT2D eigenvalue weighted by Gasteiger charge is -2.61. The number of fused-ring (bicyclic) bond motifs is 3. The van der Waals surface area contributed by atoms with Gasteiger partial charge in [0.15, 0.2) is 11.6 Å². The normalized spacial score (nSPS) is 36.0. The van der Waals surface area contributed by atoms with E-state index in [0.717, 1.165) is 54.4 Å². The lowest BCUT2D eigenvalue weighted by atomic mass is 9.40. The van der Waals surface area contributed by atoms with E-state index < -0.39 is 11.3 Å². The molecule has 3 aliphatic rings. The van der Waals surface area contributed by atoms with Crippen LogP contribution in [-0.4, -0.2) is 17.3 Å².